The summed E-state index contributed by atoms with van der Waals surface area (Å²) in [5.41, 5.74) is 1.84. The lowest BCUT2D eigenvalue weighted by Gasteiger charge is -1.69. The fourth-order valence-corrected chi connectivity index (χ4v) is 1.29. The number of aromatic nitrogens is 8. The predicted molar refractivity (Wildman–Crippen MR) is 54.7 cm³/mol. The summed E-state index contributed by atoms with van der Waals surface area (Å²) in [6.45, 7) is 0. The zero-order valence-electron chi connectivity index (χ0n) is 8.15. The Hall–Kier alpha value is -2.64. The molecule has 0 fully saturated rings. The van der Waals surface area contributed by atoms with E-state index in [9.17, 15) is 0 Å². The van der Waals surface area contributed by atoms with Gasteiger partial charge in [0.1, 0.15) is 12.7 Å². The Balaban J connectivity index is 0.000000101. The lowest BCUT2D eigenvalue weighted by Crippen LogP contribution is -1.75. The Morgan fingerprint density at radius 2 is 1.31 bits per heavy atom. The van der Waals surface area contributed by atoms with Crippen LogP contribution in [0.25, 0.3) is 11.3 Å². The first-order chi connectivity index (χ1) is 7.93. The van der Waals surface area contributed by atoms with E-state index in [1.807, 2.05) is 12.1 Å². The summed E-state index contributed by atoms with van der Waals surface area (Å²) in [6.07, 6.45) is 6.67. The number of aromatic amines is 2. The van der Waals surface area contributed by atoms with Gasteiger partial charge in [-0.2, -0.15) is 20.4 Å². The normalized spacial score (nSPS) is 10.5. The van der Waals surface area contributed by atoms with Crippen molar-refractivity contribution in [2.75, 3.05) is 0 Å². The van der Waals surface area contributed by atoms with Crippen LogP contribution in [0.3, 0.4) is 0 Å². The van der Waals surface area contributed by atoms with Crippen molar-refractivity contribution in [1.82, 2.24) is 39.6 Å². The number of nitrogens with one attached hydrogen (secondary N) is 2. The number of fused-ring (bicyclic) bond motifs is 2. The maximum Gasteiger partial charge on any atom is 0.151 e. The molecular formula is C8H8N8. The Morgan fingerprint density at radius 3 is 1.75 bits per heavy atom. The van der Waals surface area contributed by atoms with E-state index in [0.29, 0.717) is 0 Å². The molecule has 0 aliphatic carbocycles. The quantitative estimate of drug-likeness (QED) is 0.436. The van der Waals surface area contributed by atoms with Crippen molar-refractivity contribution in [2.45, 2.75) is 0 Å². The molecule has 4 aromatic rings. The highest BCUT2D eigenvalue weighted by molar-refractivity contribution is 5.33. The van der Waals surface area contributed by atoms with Crippen molar-refractivity contribution in [1.29, 1.82) is 0 Å². The van der Waals surface area contributed by atoms with Crippen molar-refractivity contribution >= 4 is 11.3 Å². The van der Waals surface area contributed by atoms with E-state index in [4.69, 9.17) is 0 Å². The van der Waals surface area contributed by atoms with Gasteiger partial charge in [0.05, 0.1) is 12.4 Å². The average molecular weight is 216 g/mol. The molecule has 0 saturated carbocycles. The second kappa shape index (κ2) is 3.50. The van der Waals surface area contributed by atoms with E-state index < -0.39 is 0 Å². The van der Waals surface area contributed by atoms with Gasteiger partial charge < -0.3 is 0 Å². The minimum Gasteiger partial charge on any atom is -0.260 e. The second-order valence-corrected chi connectivity index (χ2v) is 3.03. The van der Waals surface area contributed by atoms with Gasteiger partial charge in [-0.1, -0.05) is 0 Å². The molecule has 0 aliphatic heterocycles. The summed E-state index contributed by atoms with van der Waals surface area (Å²) < 4.78 is 3.33. The van der Waals surface area contributed by atoms with Gasteiger partial charge in [-0.25, -0.2) is 9.03 Å². The highest BCUT2D eigenvalue weighted by atomic mass is 15.3. The molecule has 0 saturated heterocycles. The number of H-pyrrole nitrogens is 2. The first-order valence-corrected chi connectivity index (χ1v) is 4.59. The molecule has 0 unspecified atom stereocenters. The average Bonchev–Trinajstić information content (AvgIpc) is 2.99. The van der Waals surface area contributed by atoms with Gasteiger partial charge in [0, 0.05) is 12.1 Å². The SMILES string of the molecule is c1cc2[nH]ncn2n1.c1cc2[nH]ncn2n1. The fraction of sp³-hybridized carbons (Fsp3) is 0. The van der Waals surface area contributed by atoms with E-state index in [0.717, 1.165) is 11.3 Å². The summed E-state index contributed by atoms with van der Waals surface area (Å²) >= 11 is 0. The molecule has 4 rings (SSSR count). The molecule has 0 radical (unpaired) electrons. The third-order valence-corrected chi connectivity index (χ3v) is 2.03. The van der Waals surface area contributed by atoms with Gasteiger partial charge in [-0.15, -0.1) is 0 Å². The standard InChI is InChI=1S/2C4H4N4/c2*1-2-6-8-3-5-7-4(1)8/h2*1-3,7H. The monoisotopic (exact) mass is 216 g/mol. The molecular weight excluding hydrogens is 208 g/mol. The van der Waals surface area contributed by atoms with Crippen LogP contribution in [0.5, 0.6) is 0 Å². The number of rotatable bonds is 0. The lowest BCUT2D eigenvalue weighted by atomic mass is 10.7. The maximum atomic E-state index is 3.90. The number of nitrogens with zero attached hydrogens (tertiary/aromatic N) is 6. The van der Waals surface area contributed by atoms with Crippen LogP contribution in [-0.2, 0) is 0 Å². The molecule has 2 N–H and O–H groups in total. The largest absolute Gasteiger partial charge is 0.260 e. The topological polar surface area (TPSA) is 92.0 Å². The maximum absolute atomic E-state index is 3.90. The fourth-order valence-electron chi connectivity index (χ4n) is 1.29. The predicted octanol–water partition coefficient (Wildman–Crippen LogP) is 0.115. The van der Waals surface area contributed by atoms with Crippen LogP contribution in [0.1, 0.15) is 0 Å². The molecule has 80 valence electrons. The van der Waals surface area contributed by atoms with Crippen molar-refractivity contribution in [2.24, 2.45) is 0 Å². The summed E-state index contributed by atoms with van der Waals surface area (Å²) in [5.74, 6) is 0. The highest BCUT2D eigenvalue weighted by Crippen LogP contribution is 1.91. The van der Waals surface area contributed by atoms with Gasteiger partial charge >= 0.3 is 0 Å². The van der Waals surface area contributed by atoms with Gasteiger partial charge in [-0.05, 0) is 0 Å². The number of hydrogen-bond acceptors (Lipinski definition) is 4. The Labute approximate surface area is 88.9 Å². The van der Waals surface area contributed by atoms with E-state index in [-0.39, 0.29) is 0 Å². The van der Waals surface area contributed by atoms with Crippen LogP contribution in [0.2, 0.25) is 0 Å². The summed E-state index contributed by atoms with van der Waals surface area (Å²) in [4.78, 5) is 0. The molecule has 16 heavy (non-hydrogen) atoms. The smallest absolute Gasteiger partial charge is 0.151 e. The van der Waals surface area contributed by atoms with Crippen molar-refractivity contribution in [3.63, 3.8) is 0 Å². The van der Waals surface area contributed by atoms with Crippen LogP contribution < -0.4 is 0 Å². The molecule has 0 spiro atoms. The lowest BCUT2D eigenvalue weighted by molar-refractivity contribution is 0.955. The van der Waals surface area contributed by atoms with Crippen LogP contribution in [0.4, 0.5) is 0 Å². The van der Waals surface area contributed by atoms with Crippen molar-refractivity contribution < 1.29 is 0 Å². The van der Waals surface area contributed by atoms with E-state index in [2.05, 4.69) is 30.6 Å². The molecule has 4 heterocycles. The minimum atomic E-state index is 0.921. The van der Waals surface area contributed by atoms with Crippen LogP contribution in [-0.4, -0.2) is 39.6 Å². The summed E-state index contributed by atoms with van der Waals surface area (Å²) in [7, 11) is 0. The molecule has 0 aliphatic rings. The van der Waals surface area contributed by atoms with Crippen LogP contribution in [0.15, 0.2) is 37.2 Å². The Morgan fingerprint density at radius 1 is 0.812 bits per heavy atom. The molecule has 0 amide bonds. The summed E-state index contributed by atoms with van der Waals surface area (Å²) in [6, 6.07) is 3.71. The molecule has 0 aromatic carbocycles. The molecule has 8 nitrogen and oxygen atoms in total. The molecule has 8 heteroatoms. The van der Waals surface area contributed by atoms with Crippen molar-refractivity contribution in [3.05, 3.63) is 37.2 Å². The molecule has 0 bridgehead atoms. The van der Waals surface area contributed by atoms with Gasteiger partial charge in [0.25, 0.3) is 0 Å². The minimum absolute atomic E-state index is 0.921. The van der Waals surface area contributed by atoms with Crippen LogP contribution >= 0.6 is 0 Å². The van der Waals surface area contributed by atoms with Gasteiger partial charge in [-0.3, -0.25) is 10.2 Å². The van der Waals surface area contributed by atoms with E-state index in [1.165, 1.54) is 0 Å². The Bertz CT molecular complexity index is 519. The van der Waals surface area contributed by atoms with E-state index >= 15 is 0 Å². The van der Waals surface area contributed by atoms with Crippen molar-refractivity contribution in [3.8, 4) is 0 Å². The summed E-state index contributed by atoms with van der Waals surface area (Å²) in [5, 5.41) is 20.8. The molecule has 0 atom stereocenters. The van der Waals surface area contributed by atoms with Gasteiger partial charge in [0.2, 0.25) is 0 Å². The van der Waals surface area contributed by atoms with Crippen LogP contribution in [0, 0.1) is 0 Å². The molecule has 4 aromatic heterocycles. The Kier molecular flexibility index (Phi) is 1.89. The van der Waals surface area contributed by atoms with Gasteiger partial charge in [0.15, 0.2) is 11.3 Å². The number of hydrogen-bond donors (Lipinski definition) is 2. The zero-order valence-corrected chi connectivity index (χ0v) is 8.15. The van der Waals surface area contributed by atoms with E-state index in [1.54, 1.807) is 34.1 Å². The zero-order chi connectivity index (χ0) is 10.8. The first-order valence-electron chi connectivity index (χ1n) is 4.59. The highest BCUT2D eigenvalue weighted by Gasteiger charge is 1.89. The third-order valence-electron chi connectivity index (χ3n) is 2.03. The second-order valence-electron chi connectivity index (χ2n) is 3.03. The first kappa shape index (κ1) is 8.65. The third kappa shape index (κ3) is 1.41.